The Morgan fingerprint density at radius 2 is 2.09 bits per heavy atom. The fraction of sp³-hybridized carbons (Fsp3) is 0.538. The molecule has 1 aliphatic heterocycles. The molecule has 0 saturated carbocycles. The minimum atomic E-state index is -3.70. The first-order valence-corrected chi connectivity index (χ1v) is 8.51. The average Bonchev–Trinajstić information content (AvgIpc) is 2.54. The van der Waals surface area contributed by atoms with Gasteiger partial charge in [0.25, 0.3) is 5.69 Å². The van der Waals surface area contributed by atoms with Crippen LogP contribution < -0.4 is 14.9 Å². The lowest BCUT2D eigenvalue weighted by Crippen LogP contribution is -2.44. The highest BCUT2D eigenvalue weighted by atomic mass is 32.2. The van der Waals surface area contributed by atoms with Crippen molar-refractivity contribution in [1.82, 2.24) is 10.0 Å². The zero-order valence-corrected chi connectivity index (χ0v) is 13.4. The molecule has 1 unspecified atom stereocenters. The zero-order chi connectivity index (χ0) is 16.3. The molecule has 9 heteroatoms. The summed E-state index contributed by atoms with van der Waals surface area (Å²) in [5.74, 6) is 0. The first-order valence-electron chi connectivity index (χ1n) is 7.03. The van der Waals surface area contributed by atoms with E-state index in [4.69, 9.17) is 0 Å². The van der Waals surface area contributed by atoms with Gasteiger partial charge in [-0.15, -0.1) is 0 Å². The Morgan fingerprint density at radius 1 is 1.36 bits per heavy atom. The molecule has 122 valence electrons. The van der Waals surface area contributed by atoms with Crippen molar-refractivity contribution < 1.29 is 13.3 Å². The fourth-order valence-corrected chi connectivity index (χ4v) is 3.38. The third-order valence-corrected chi connectivity index (χ3v) is 5.30. The maximum Gasteiger partial charge on any atom is 0.293 e. The van der Waals surface area contributed by atoms with Crippen LogP contribution in [-0.4, -0.2) is 46.6 Å². The monoisotopic (exact) mass is 328 g/mol. The topological polar surface area (TPSA) is 105 Å². The van der Waals surface area contributed by atoms with Crippen molar-refractivity contribution in [2.24, 2.45) is 0 Å². The molecule has 0 bridgehead atoms. The molecule has 1 aromatic carbocycles. The summed E-state index contributed by atoms with van der Waals surface area (Å²) in [5, 5.41) is 14.5. The molecule has 0 spiro atoms. The molecular weight excluding hydrogens is 308 g/mol. The molecule has 0 amide bonds. The van der Waals surface area contributed by atoms with Crippen molar-refractivity contribution in [3.63, 3.8) is 0 Å². The first-order chi connectivity index (χ1) is 10.4. The highest BCUT2D eigenvalue weighted by Gasteiger charge is 2.27. The quantitative estimate of drug-likeness (QED) is 0.609. The third-order valence-electron chi connectivity index (χ3n) is 3.89. The molecule has 0 radical (unpaired) electrons. The van der Waals surface area contributed by atoms with E-state index < -0.39 is 14.9 Å². The standard InChI is InChI=1S/C13H20N4O4S/c1-14-10-4-3-7-16(9-10)12-6-5-11(22(20,21)15-2)8-13(12)17(18)19/h5-6,8,10,14-15H,3-4,7,9H2,1-2H3. The highest BCUT2D eigenvalue weighted by Crippen LogP contribution is 2.32. The van der Waals surface area contributed by atoms with Crippen LogP contribution in [0.1, 0.15) is 12.8 Å². The first kappa shape index (κ1) is 16.7. The molecule has 22 heavy (non-hydrogen) atoms. The van der Waals surface area contributed by atoms with Gasteiger partial charge in [-0.25, -0.2) is 13.1 Å². The van der Waals surface area contributed by atoms with Crippen molar-refractivity contribution in [1.29, 1.82) is 0 Å². The molecule has 1 saturated heterocycles. The molecule has 1 fully saturated rings. The van der Waals surface area contributed by atoms with Crippen molar-refractivity contribution in [2.75, 3.05) is 32.1 Å². The molecule has 1 atom stereocenters. The number of rotatable bonds is 5. The van der Waals surface area contributed by atoms with Gasteiger partial charge < -0.3 is 10.2 Å². The minimum Gasteiger partial charge on any atom is -0.364 e. The number of likely N-dealkylation sites (N-methyl/N-ethyl adjacent to an activating group) is 1. The van der Waals surface area contributed by atoms with Crippen LogP contribution in [-0.2, 0) is 10.0 Å². The van der Waals surface area contributed by atoms with Gasteiger partial charge in [-0.3, -0.25) is 10.1 Å². The lowest BCUT2D eigenvalue weighted by Gasteiger charge is -2.33. The molecule has 0 aromatic heterocycles. The van der Waals surface area contributed by atoms with Gasteiger partial charge in [0.15, 0.2) is 0 Å². The Morgan fingerprint density at radius 3 is 2.68 bits per heavy atom. The van der Waals surface area contributed by atoms with E-state index in [-0.39, 0.29) is 16.6 Å². The van der Waals surface area contributed by atoms with Crippen LogP contribution >= 0.6 is 0 Å². The number of anilines is 1. The SMILES string of the molecule is CNC1CCCN(c2ccc(S(=O)(=O)NC)cc2[N+](=O)[O-])C1. The summed E-state index contributed by atoms with van der Waals surface area (Å²) >= 11 is 0. The lowest BCUT2D eigenvalue weighted by molar-refractivity contribution is -0.384. The summed E-state index contributed by atoms with van der Waals surface area (Å²) in [6, 6.07) is 4.30. The normalized spacial score (nSPS) is 19.2. The van der Waals surface area contributed by atoms with E-state index in [1.807, 2.05) is 11.9 Å². The number of nitro groups is 1. The number of benzene rings is 1. The summed E-state index contributed by atoms with van der Waals surface area (Å²) < 4.78 is 25.8. The third kappa shape index (κ3) is 3.37. The van der Waals surface area contributed by atoms with Gasteiger partial charge >= 0.3 is 0 Å². The van der Waals surface area contributed by atoms with Gasteiger partial charge in [0, 0.05) is 25.2 Å². The van der Waals surface area contributed by atoms with Gasteiger partial charge in [0.1, 0.15) is 5.69 Å². The number of nitrogens with zero attached hydrogens (tertiary/aromatic N) is 2. The summed E-state index contributed by atoms with van der Waals surface area (Å²) in [6.07, 6.45) is 1.95. The van der Waals surface area contributed by atoms with Gasteiger partial charge in [-0.2, -0.15) is 0 Å². The lowest BCUT2D eigenvalue weighted by atomic mass is 10.0. The minimum absolute atomic E-state index is 0.104. The maximum atomic E-state index is 11.8. The van der Waals surface area contributed by atoms with Crippen molar-refractivity contribution in [3.8, 4) is 0 Å². The Kier molecular flexibility index (Phi) is 4.99. The predicted octanol–water partition coefficient (Wildman–Crippen LogP) is 0.691. The van der Waals surface area contributed by atoms with E-state index in [1.54, 1.807) is 0 Å². The summed E-state index contributed by atoms with van der Waals surface area (Å²) in [6.45, 7) is 1.38. The second kappa shape index (κ2) is 6.59. The number of nitrogens with one attached hydrogen (secondary N) is 2. The van der Waals surface area contributed by atoms with Crippen LogP contribution in [0.15, 0.2) is 23.1 Å². The van der Waals surface area contributed by atoms with Crippen LogP contribution in [0.3, 0.4) is 0 Å². The van der Waals surface area contributed by atoms with Crippen molar-refractivity contribution in [3.05, 3.63) is 28.3 Å². The van der Waals surface area contributed by atoms with Crippen molar-refractivity contribution >= 4 is 21.4 Å². The van der Waals surface area contributed by atoms with Gasteiger partial charge in [-0.1, -0.05) is 0 Å². The molecule has 2 N–H and O–H groups in total. The highest BCUT2D eigenvalue weighted by molar-refractivity contribution is 7.89. The summed E-state index contributed by atoms with van der Waals surface area (Å²) in [5.41, 5.74) is 0.271. The molecule has 1 heterocycles. The van der Waals surface area contributed by atoms with Gasteiger partial charge in [0.2, 0.25) is 10.0 Å². The number of sulfonamides is 1. The Balaban J connectivity index is 2.42. The van der Waals surface area contributed by atoms with Gasteiger partial charge in [0.05, 0.1) is 9.82 Å². The van der Waals surface area contributed by atoms with Crippen LogP contribution in [0.5, 0.6) is 0 Å². The average molecular weight is 328 g/mol. The van der Waals surface area contributed by atoms with E-state index >= 15 is 0 Å². The Labute approximate surface area is 129 Å². The largest absolute Gasteiger partial charge is 0.364 e. The van der Waals surface area contributed by atoms with E-state index in [9.17, 15) is 18.5 Å². The smallest absolute Gasteiger partial charge is 0.293 e. The summed E-state index contributed by atoms with van der Waals surface area (Å²) in [7, 11) is -0.561. The molecule has 1 aliphatic rings. The van der Waals surface area contributed by atoms with E-state index in [2.05, 4.69) is 10.0 Å². The molecule has 0 aliphatic carbocycles. The van der Waals surface area contributed by atoms with E-state index in [0.717, 1.165) is 25.5 Å². The zero-order valence-electron chi connectivity index (χ0n) is 12.6. The number of nitro benzene ring substituents is 1. The fourth-order valence-electron chi connectivity index (χ4n) is 2.63. The number of piperidine rings is 1. The number of hydrogen-bond acceptors (Lipinski definition) is 6. The van der Waals surface area contributed by atoms with Gasteiger partial charge in [-0.05, 0) is 39.1 Å². The van der Waals surface area contributed by atoms with Crippen LogP contribution in [0.25, 0.3) is 0 Å². The van der Waals surface area contributed by atoms with Crippen molar-refractivity contribution in [2.45, 2.75) is 23.8 Å². The van der Waals surface area contributed by atoms with Crippen LogP contribution in [0.4, 0.5) is 11.4 Å². The second-order valence-electron chi connectivity index (χ2n) is 5.19. The summed E-state index contributed by atoms with van der Waals surface area (Å²) in [4.78, 5) is 12.6. The van der Waals surface area contributed by atoms with Crippen LogP contribution in [0, 0.1) is 10.1 Å². The molecule has 8 nitrogen and oxygen atoms in total. The maximum absolute atomic E-state index is 11.8. The van der Waals surface area contributed by atoms with Crippen LogP contribution in [0.2, 0.25) is 0 Å². The second-order valence-corrected chi connectivity index (χ2v) is 7.08. The van der Waals surface area contributed by atoms with E-state index in [1.165, 1.54) is 19.2 Å². The number of hydrogen-bond donors (Lipinski definition) is 2. The molecule has 2 rings (SSSR count). The molecular formula is C13H20N4O4S. The Hall–Kier alpha value is -1.71. The molecule has 1 aromatic rings. The Bertz CT molecular complexity index is 662. The predicted molar refractivity (Wildman–Crippen MR) is 83.6 cm³/mol. The van der Waals surface area contributed by atoms with E-state index in [0.29, 0.717) is 12.2 Å².